The summed E-state index contributed by atoms with van der Waals surface area (Å²) < 4.78 is 14.9. The molecule has 0 aliphatic carbocycles. The standard InChI is InChI=1S/C43H35BN4O2/c1-42(2)43(3,4)50-44(49-42)32-21-17-30(18-22-32)41-46-35(29-13-6-5-7-14-29)27-36(47-41)31-20-23-37-34(26-31)40-33-15-9-8-12-28(33)19-24-38(40)48(37)39-16-10-11-25-45-39/h5-27H,1-4H3. The number of pyridine rings is 1. The van der Waals surface area contributed by atoms with Crippen LogP contribution in [0.15, 0.2) is 140 Å². The van der Waals surface area contributed by atoms with Gasteiger partial charge in [-0.3, -0.25) is 4.57 Å². The molecule has 0 spiro atoms. The average Bonchev–Trinajstić information content (AvgIpc) is 3.60. The van der Waals surface area contributed by atoms with Gasteiger partial charge in [0.25, 0.3) is 0 Å². The van der Waals surface area contributed by atoms with E-state index in [-0.39, 0.29) is 0 Å². The third-order valence-corrected chi connectivity index (χ3v) is 10.3. The minimum atomic E-state index is -0.433. The normalized spacial score (nSPS) is 15.3. The number of hydrogen-bond acceptors (Lipinski definition) is 5. The zero-order valence-corrected chi connectivity index (χ0v) is 28.5. The minimum Gasteiger partial charge on any atom is -0.399 e. The zero-order valence-electron chi connectivity index (χ0n) is 28.5. The molecule has 0 unspecified atom stereocenters. The molecule has 4 heterocycles. The van der Waals surface area contributed by atoms with Gasteiger partial charge in [0.15, 0.2) is 5.82 Å². The molecule has 1 saturated heterocycles. The lowest BCUT2D eigenvalue weighted by Crippen LogP contribution is -2.41. The van der Waals surface area contributed by atoms with Crippen molar-refractivity contribution in [3.63, 3.8) is 0 Å². The Morgan fingerprint density at radius 1 is 0.560 bits per heavy atom. The lowest BCUT2D eigenvalue weighted by atomic mass is 9.79. The van der Waals surface area contributed by atoms with Gasteiger partial charge in [-0.15, -0.1) is 0 Å². The molecule has 0 saturated carbocycles. The van der Waals surface area contributed by atoms with E-state index in [1.807, 2.05) is 36.5 Å². The van der Waals surface area contributed by atoms with Gasteiger partial charge in [0, 0.05) is 33.7 Å². The van der Waals surface area contributed by atoms with Gasteiger partial charge in [0.05, 0.1) is 33.6 Å². The maximum Gasteiger partial charge on any atom is 0.494 e. The Morgan fingerprint density at radius 2 is 1.22 bits per heavy atom. The van der Waals surface area contributed by atoms with Crippen LogP contribution < -0.4 is 5.46 Å². The summed E-state index contributed by atoms with van der Waals surface area (Å²) >= 11 is 0. The largest absolute Gasteiger partial charge is 0.494 e. The fraction of sp³-hybridized carbons (Fsp3) is 0.140. The van der Waals surface area contributed by atoms with Crippen LogP contribution in [0.3, 0.4) is 0 Å². The molecule has 0 bridgehead atoms. The van der Waals surface area contributed by atoms with Crippen molar-refractivity contribution in [3.8, 4) is 39.7 Å². The monoisotopic (exact) mass is 650 g/mol. The van der Waals surface area contributed by atoms with Gasteiger partial charge in [0.2, 0.25) is 0 Å². The van der Waals surface area contributed by atoms with E-state index in [1.165, 1.54) is 16.2 Å². The maximum absolute atomic E-state index is 6.31. The summed E-state index contributed by atoms with van der Waals surface area (Å²) in [5.41, 5.74) is 7.04. The first-order chi connectivity index (χ1) is 24.3. The first-order valence-corrected chi connectivity index (χ1v) is 17.0. The van der Waals surface area contributed by atoms with Crippen molar-refractivity contribution in [1.82, 2.24) is 19.5 Å². The first-order valence-electron chi connectivity index (χ1n) is 17.0. The van der Waals surface area contributed by atoms with Gasteiger partial charge in [0.1, 0.15) is 5.82 Å². The smallest absolute Gasteiger partial charge is 0.399 e. The number of nitrogens with zero attached hydrogens (tertiary/aromatic N) is 4. The van der Waals surface area contributed by atoms with Crippen molar-refractivity contribution in [2.24, 2.45) is 0 Å². The number of hydrogen-bond donors (Lipinski definition) is 0. The zero-order chi connectivity index (χ0) is 34.0. The van der Waals surface area contributed by atoms with Crippen LogP contribution in [-0.4, -0.2) is 37.8 Å². The lowest BCUT2D eigenvalue weighted by molar-refractivity contribution is 0.00578. The van der Waals surface area contributed by atoms with Crippen molar-refractivity contribution in [2.75, 3.05) is 0 Å². The molecule has 0 amide bonds. The maximum atomic E-state index is 6.31. The summed E-state index contributed by atoms with van der Waals surface area (Å²) in [6.07, 6.45) is 1.85. The van der Waals surface area contributed by atoms with Crippen LogP contribution >= 0.6 is 0 Å². The molecule has 1 aliphatic rings. The Hall–Kier alpha value is -5.63. The van der Waals surface area contributed by atoms with Gasteiger partial charge >= 0.3 is 7.12 Å². The highest BCUT2D eigenvalue weighted by Gasteiger charge is 2.51. The van der Waals surface area contributed by atoms with Crippen molar-refractivity contribution in [1.29, 1.82) is 0 Å². The highest BCUT2D eigenvalue weighted by molar-refractivity contribution is 6.62. The molecule has 3 aromatic heterocycles. The van der Waals surface area contributed by atoms with E-state index in [2.05, 4.69) is 135 Å². The second-order valence-electron chi connectivity index (χ2n) is 14.0. The van der Waals surface area contributed by atoms with Crippen LogP contribution in [0.5, 0.6) is 0 Å². The van der Waals surface area contributed by atoms with E-state index < -0.39 is 18.3 Å². The van der Waals surface area contributed by atoms with E-state index in [1.54, 1.807) is 0 Å². The van der Waals surface area contributed by atoms with E-state index in [0.29, 0.717) is 5.82 Å². The van der Waals surface area contributed by atoms with Crippen molar-refractivity contribution in [3.05, 3.63) is 140 Å². The molecule has 1 fully saturated rings. The average molecular weight is 651 g/mol. The highest BCUT2D eigenvalue weighted by Crippen LogP contribution is 2.39. The van der Waals surface area contributed by atoms with Crippen LogP contribution in [0.2, 0.25) is 0 Å². The van der Waals surface area contributed by atoms with Crippen LogP contribution in [0, 0.1) is 0 Å². The van der Waals surface area contributed by atoms with Crippen LogP contribution in [0.25, 0.3) is 72.3 Å². The molecule has 1 aliphatic heterocycles. The molecule has 8 aromatic rings. The molecule has 9 rings (SSSR count). The quantitative estimate of drug-likeness (QED) is 0.174. The molecule has 0 radical (unpaired) electrons. The lowest BCUT2D eigenvalue weighted by Gasteiger charge is -2.32. The van der Waals surface area contributed by atoms with Gasteiger partial charge in [-0.1, -0.05) is 97.1 Å². The number of fused-ring (bicyclic) bond motifs is 5. The fourth-order valence-corrected chi connectivity index (χ4v) is 6.93. The predicted octanol–water partition coefficient (Wildman–Crippen LogP) is 9.42. The summed E-state index contributed by atoms with van der Waals surface area (Å²) in [6.45, 7) is 8.29. The molecule has 50 heavy (non-hydrogen) atoms. The SMILES string of the molecule is CC1(C)OB(c2ccc(-c3nc(-c4ccccc4)cc(-c4ccc5c(c4)c4c6ccccc6ccc4n5-c4ccccn4)n3)cc2)OC1(C)C. The van der Waals surface area contributed by atoms with Crippen molar-refractivity contribution >= 4 is 45.2 Å². The fourth-order valence-electron chi connectivity index (χ4n) is 6.93. The van der Waals surface area contributed by atoms with E-state index >= 15 is 0 Å². The first kappa shape index (κ1) is 30.4. The highest BCUT2D eigenvalue weighted by atomic mass is 16.7. The summed E-state index contributed by atoms with van der Waals surface area (Å²) in [7, 11) is -0.433. The summed E-state index contributed by atoms with van der Waals surface area (Å²) in [5, 5.41) is 4.75. The molecule has 6 nitrogen and oxygen atoms in total. The summed E-state index contributed by atoms with van der Waals surface area (Å²) in [6, 6.07) is 46.2. The second-order valence-corrected chi connectivity index (χ2v) is 14.0. The number of benzene rings is 5. The Morgan fingerprint density at radius 3 is 1.96 bits per heavy atom. The Bertz CT molecular complexity index is 2530. The van der Waals surface area contributed by atoms with Crippen molar-refractivity contribution in [2.45, 2.75) is 38.9 Å². The Kier molecular flexibility index (Phi) is 6.99. The van der Waals surface area contributed by atoms with Crippen LogP contribution in [0.4, 0.5) is 0 Å². The van der Waals surface area contributed by atoms with Gasteiger partial charge in [-0.25, -0.2) is 15.0 Å². The second kappa shape index (κ2) is 11.5. The van der Waals surface area contributed by atoms with E-state index in [0.717, 1.165) is 55.8 Å². The molecule has 5 aromatic carbocycles. The molecular formula is C43H35BN4O2. The summed E-state index contributed by atoms with van der Waals surface area (Å²) in [5.74, 6) is 1.54. The molecule has 242 valence electrons. The van der Waals surface area contributed by atoms with Gasteiger partial charge in [-0.2, -0.15) is 0 Å². The van der Waals surface area contributed by atoms with Gasteiger partial charge in [-0.05, 0) is 80.3 Å². The molecule has 0 atom stereocenters. The summed E-state index contributed by atoms with van der Waals surface area (Å²) in [4.78, 5) is 15.0. The Labute approximate surface area is 291 Å². The predicted molar refractivity (Wildman–Crippen MR) is 204 cm³/mol. The van der Waals surface area contributed by atoms with Crippen molar-refractivity contribution < 1.29 is 9.31 Å². The van der Waals surface area contributed by atoms with Crippen LogP contribution in [0.1, 0.15) is 27.7 Å². The molecule has 0 N–H and O–H groups in total. The minimum absolute atomic E-state index is 0.407. The number of rotatable bonds is 5. The van der Waals surface area contributed by atoms with Gasteiger partial charge < -0.3 is 9.31 Å². The third-order valence-electron chi connectivity index (χ3n) is 10.3. The Balaban J connectivity index is 1.21. The topological polar surface area (TPSA) is 62.1 Å². The number of aromatic nitrogens is 4. The third kappa shape index (κ3) is 5.01. The van der Waals surface area contributed by atoms with E-state index in [4.69, 9.17) is 24.3 Å². The van der Waals surface area contributed by atoms with Crippen LogP contribution in [-0.2, 0) is 9.31 Å². The molecular weight excluding hydrogens is 615 g/mol. The molecule has 7 heteroatoms. The van der Waals surface area contributed by atoms with E-state index in [9.17, 15) is 0 Å².